The van der Waals surface area contributed by atoms with Gasteiger partial charge in [0.25, 0.3) is 0 Å². The van der Waals surface area contributed by atoms with E-state index in [2.05, 4.69) is 18.3 Å². The van der Waals surface area contributed by atoms with E-state index in [-0.39, 0.29) is 0 Å². The number of hydrogen-bond donors (Lipinski definition) is 2. The average molecular weight is 273 g/mol. The Labute approximate surface area is 122 Å². The second-order valence-corrected chi connectivity index (χ2v) is 6.80. The van der Waals surface area contributed by atoms with Crippen LogP contribution in [0.5, 0.6) is 5.75 Å². The molecule has 0 amide bonds. The van der Waals surface area contributed by atoms with E-state index in [1.807, 2.05) is 12.1 Å². The summed E-state index contributed by atoms with van der Waals surface area (Å²) in [7, 11) is 0. The molecule has 1 saturated carbocycles. The summed E-state index contributed by atoms with van der Waals surface area (Å²) in [6.45, 7) is 3.51. The van der Waals surface area contributed by atoms with Gasteiger partial charge < -0.3 is 10.4 Å². The van der Waals surface area contributed by atoms with E-state index in [9.17, 15) is 5.11 Å². The Morgan fingerprint density at radius 2 is 1.95 bits per heavy atom. The van der Waals surface area contributed by atoms with Gasteiger partial charge in [-0.15, -0.1) is 0 Å². The molecule has 1 aromatic rings. The topological polar surface area (TPSA) is 32.3 Å². The van der Waals surface area contributed by atoms with Gasteiger partial charge in [-0.05, 0) is 54.8 Å². The number of hydrogen-bond acceptors (Lipinski definition) is 2. The molecular formula is C18H27NO. The lowest BCUT2D eigenvalue weighted by Crippen LogP contribution is -2.23. The maximum absolute atomic E-state index is 9.88. The van der Waals surface area contributed by atoms with Crippen LogP contribution in [0, 0.1) is 11.8 Å². The molecule has 3 rings (SSSR count). The Kier molecular flexibility index (Phi) is 4.30. The second-order valence-electron chi connectivity index (χ2n) is 6.80. The van der Waals surface area contributed by atoms with E-state index in [0.717, 1.165) is 36.8 Å². The van der Waals surface area contributed by atoms with Gasteiger partial charge in [0.05, 0.1) is 0 Å². The first kappa shape index (κ1) is 13.9. The number of rotatable bonds is 4. The zero-order valence-corrected chi connectivity index (χ0v) is 12.6. The summed E-state index contributed by atoms with van der Waals surface area (Å²) >= 11 is 0. The Bertz CT molecular complexity index is 449. The van der Waals surface area contributed by atoms with Crippen LogP contribution in [-0.2, 0) is 6.42 Å². The number of phenolic OH excluding ortho intramolecular Hbond substituents is 1. The lowest BCUT2D eigenvalue weighted by Gasteiger charge is -2.26. The third-order valence-electron chi connectivity index (χ3n) is 5.32. The van der Waals surface area contributed by atoms with Gasteiger partial charge in [0.1, 0.15) is 5.75 Å². The van der Waals surface area contributed by atoms with Gasteiger partial charge in [-0.1, -0.05) is 44.7 Å². The van der Waals surface area contributed by atoms with Gasteiger partial charge in [-0.25, -0.2) is 0 Å². The number of fused-ring (bicyclic) bond motifs is 1. The lowest BCUT2D eigenvalue weighted by molar-refractivity contribution is 0.272. The summed E-state index contributed by atoms with van der Waals surface area (Å²) in [4.78, 5) is 0. The molecular weight excluding hydrogens is 246 g/mol. The third kappa shape index (κ3) is 3.01. The Balaban J connectivity index is 1.48. The summed E-state index contributed by atoms with van der Waals surface area (Å²) < 4.78 is 0. The van der Waals surface area contributed by atoms with Crippen molar-refractivity contribution in [2.45, 2.75) is 57.9 Å². The van der Waals surface area contributed by atoms with Crippen LogP contribution in [0.2, 0.25) is 0 Å². The molecule has 0 aromatic heterocycles. The molecule has 2 N–H and O–H groups in total. The van der Waals surface area contributed by atoms with Crippen molar-refractivity contribution in [3.8, 4) is 5.75 Å². The molecule has 20 heavy (non-hydrogen) atoms. The normalized spacial score (nSPS) is 29.4. The summed E-state index contributed by atoms with van der Waals surface area (Å²) in [6, 6.07) is 6.41. The molecule has 1 unspecified atom stereocenters. The van der Waals surface area contributed by atoms with Crippen LogP contribution < -0.4 is 5.32 Å². The van der Waals surface area contributed by atoms with Gasteiger partial charge in [-0.3, -0.25) is 0 Å². The molecule has 0 spiro atoms. The van der Waals surface area contributed by atoms with Crippen molar-refractivity contribution in [3.63, 3.8) is 0 Å². The van der Waals surface area contributed by atoms with Crippen LogP contribution in [0.25, 0.3) is 0 Å². The maximum atomic E-state index is 9.88. The first-order valence-electron chi connectivity index (χ1n) is 8.28. The first-order valence-corrected chi connectivity index (χ1v) is 8.28. The molecule has 1 fully saturated rings. The second kappa shape index (κ2) is 6.17. The molecule has 0 aliphatic heterocycles. The molecule has 2 nitrogen and oxygen atoms in total. The summed E-state index contributed by atoms with van der Waals surface area (Å²) in [5, 5.41) is 13.6. The number of benzene rings is 1. The van der Waals surface area contributed by atoms with Crippen molar-refractivity contribution >= 4 is 0 Å². The fourth-order valence-corrected chi connectivity index (χ4v) is 3.93. The molecule has 2 aliphatic carbocycles. The maximum Gasteiger partial charge on any atom is 0.119 e. The van der Waals surface area contributed by atoms with Crippen LogP contribution >= 0.6 is 0 Å². The van der Waals surface area contributed by atoms with E-state index < -0.39 is 0 Å². The fourth-order valence-electron chi connectivity index (χ4n) is 3.93. The van der Waals surface area contributed by atoms with E-state index in [1.165, 1.54) is 37.7 Å². The van der Waals surface area contributed by atoms with E-state index in [4.69, 9.17) is 0 Å². The molecule has 0 bridgehead atoms. The average Bonchev–Trinajstić information content (AvgIpc) is 2.86. The summed E-state index contributed by atoms with van der Waals surface area (Å²) in [6.07, 6.45) is 9.15. The van der Waals surface area contributed by atoms with Crippen molar-refractivity contribution in [2.24, 2.45) is 11.8 Å². The van der Waals surface area contributed by atoms with Crippen molar-refractivity contribution in [1.29, 1.82) is 0 Å². The van der Waals surface area contributed by atoms with Crippen molar-refractivity contribution in [1.82, 2.24) is 5.32 Å². The van der Waals surface area contributed by atoms with Gasteiger partial charge in [0.2, 0.25) is 0 Å². The molecule has 0 radical (unpaired) electrons. The van der Waals surface area contributed by atoms with Gasteiger partial charge in [0, 0.05) is 6.04 Å². The number of nitrogens with one attached hydrogen (secondary N) is 1. The van der Waals surface area contributed by atoms with Gasteiger partial charge in [0.15, 0.2) is 0 Å². The lowest BCUT2D eigenvalue weighted by atomic mass is 9.81. The highest BCUT2D eigenvalue weighted by Gasteiger charge is 2.24. The highest BCUT2D eigenvalue weighted by atomic mass is 16.3. The molecule has 110 valence electrons. The predicted molar refractivity (Wildman–Crippen MR) is 82.9 cm³/mol. The highest BCUT2D eigenvalue weighted by molar-refractivity contribution is 5.44. The summed E-state index contributed by atoms with van der Waals surface area (Å²) in [5.41, 5.74) is 2.48. The monoisotopic (exact) mass is 273 g/mol. The van der Waals surface area contributed by atoms with E-state index in [0.29, 0.717) is 11.8 Å². The smallest absolute Gasteiger partial charge is 0.119 e. The Morgan fingerprint density at radius 3 is 2.75 bits per heavy atom. The minimum absolute atomic E-state index is 0.458. The predicted octanol–water partition coefficient (Wildman–Crippen LogP) is 4.19. The molecule has 0 saturated heterocycles. The highest BCUT2D eigenvalue weighted by Crippen LogP contribution is 2.36. The molecule has 2 heteroatoms. The minimum atomic E-state index is 0.458. The molecule has 0 heterocycles. The van der Waals surface area contributed by atoms with Crippen molar-refractivity contribution < 1.29 is 5.11 Å². The third-order valence-corrected chi connectivity index (χ3v) is 5.32. The number of phenols is 1. The van der Waals surface area contributed by atoms with Crippen LogP contribution in [-0.4, -0.2) is 11.7 Å². The zero-order valence-electron chi connectivity index (χ0n) is 12.6. The van der Waals surface area contributed by atoms with Crippen LogP contribution in [0.3, 0.4) is 0 Å². The number of aromatic hydroxyl groups is 1. The van der Waals surface area contributed by atoms with Crippen LogP contribution in [0.15, 0.2) is 18.2 Å². The quantitative estimate of drug-likeness (QED) is 0.862. The largest absolute Gasteiger partial charge is 0.508 e. The summed E-state index contributed by atoms with van der Waals surface area (Å²) in [5.74, 6) is 2.36. The van der Waals surface area contributed by atoms with Crippen LogP contribution in [0.1, 0.15) is 62.6 Å². The van der Waals surface area contributed by atoms with Gasteiger partial charge >= 0.3 is 0 Å². The minimum Gasteiger partial charge on any atom is -0.508 e. The zero-order chi connectivity index (χ0) is 13.9. The van der Waals surface area contributed by atoms with Crippen molar-refractivity contribution in [2.75, 3.05) is 6.54 Å². The Morgan fingerprint density at radius 1 is 1.15 bits per heavy atom. The molecule has 1 aromatic carbocycles. The van der Waals surface area contributed by atoms with Crippen LogP contribution in [0.4, 0.5) is 0 Å². The van der Waals surface area contributed by atoms with E-state index in [1.54, 1.807) is 0 Å². The molecule has 2 aliphatic rings. The van der Waals surface area contributed by atoms with Gasteiger partial charge in [-0.2, -0.15) is 0 Å². The first-order chi connectivity index (χ1) is 9.74. The van der Waals surface area contributed by atoms with Crippen molar-refractivity contribution in [3.05, 3.63) is 29.3 Å². The fraction of sp³-hybridized carbons (Fsp3) is 0.667. The van der Waals surface area contributed by atoms with E-state index >= 15 is 0 Å². The standard InChI is InChI=1S/C18H27NO/c1-13-5-7-14(8-6-13)11-12-19-17-10-9-16-15(17)3-2-4-18(16)20/h2-4,13-14,17,19-20H,5-12H2,1H3. The SMILES string of the molecule is CC1CCC(CCNC2CCc3c(O)cccc32)CC1. The molecule has 1 atom stereocenters. The Hall–Kier alpha value is -1.02.